The van der Waals surface area contributed by atoms with Gasteiger partial charge in [-0.2, -0.15) is 0 Å². The number of amides is 2. The molecule has 1 aromatic carbocycles. The predicted molar refractivity (Wildman–Crippen MR) is 99.2 cm³/mol. The van der Waals surface area contributed by atoms with Crippen molar-refractivity contribution >= 4 is 21.8 Å². The van der Waals surface area contributed by atoms with E-state index in [2.05, 4.69) is 17.0 Å². The van der Waals surface area contributed by atoms with E-state index in [0.29, 0.717) is 12.1 Å². The van der Waals surface area contributed by atoms with Crippen LogP contribution in [-0.4, -0.2) is 51.3 Å². The molecule has 0 aromatic heterocycles. The summed E-state index contributed by atoms with van der Waals surface area (Å²) in [5.74, 6) is -0.637. The number of hydrogen-bond donors (Lipinski definition) is 2. The average Bonchev–Trinajstić information content (AvgIpc) is 3.12. The van der Waals surface area contributed by atoms with Crippen LogP contribution in [0.25, 0.3) is 0 Å². The van der Waals surface area contributed by atoms with Crippen LogP contribution >= 0.6 is 0 Å². The molecule has 1 atom stereocenters. The van der Waals surface area contributed by atoms with E-state index in [1.807, 2.05) is 12.2 Å². The molecule has 0 saturated carbocycles. The summed E-state index contributed by atoms with van der Waals surface area (Å²) < 4.78 is 26.9. The summed E-state index contributed by atoms with van der Waals surface area (Å²) >= 11 is 0. The highest BCUT2D eigenvalue weighted by Crippen LogP contribution is 2.20. The molecule has 26 heavy (non-hydrogen) atoms. The van der Waals surface area contributed by atoms with Crippen molar-refractivity contribution in [3.8, 4) is 0 Å². The minimum atomic E-state index is -3.87. The molecule has 0 spiro atoms. The van der Waals surface area contributed by atoms with Crippen molar-refractivity contribution in [1.82, 2.24) is 14.9 Å². The topological polar surface area (TPSA) is 95.6 Å². The molecule has 2 amide bonds. The van der Waals surface area contributed by atoms with E-state index in [9.17, 15) is 18.0 Å². The van der Waals surface area contributed by atoms with Gasteiger partial charge in [-0.15, -0.1) is 0 Å². The van der Waals surface area contributed by atoms with Crippen molar-refractivity contribution in [2.75, 3.05) is 20.1 Å². The highest BCUT2D eigenvalue weighted by atomic mass is 32.2. The fourth-order valence-electron chi connectivity index (χ4n) is 2.76. The molecule has 1 aliphatic heterocycles. The SMILES string of the molecule is CCCCC1C=CCN1C(=O)c1cccc(S(=O)(=O)NCC(=O)NC)c1. The molecule has 1 aromatic rings. The molecule has 2 rings (SSSR count). The van der Waals surface area contributed by atoms with E-state index in [1.54, 1.807) is 11.0 Å². The maximum Gasteiger partial charge on any atom is 0.254 e. The molecule has 0 saturated heterocycles. The highest BCUT2D eigenvalue weighted by Gasteiger charge is 2.26. The van der Waals surface area contributed by atoms with Crippen molar-refractivity contribution < 1.29 is 18.0 Å². The molecule has 1 aliphatic rings. The molecule has 142 valence electrons. The lowest BCUT2D eigenvalue weighted by molar-refractivity contribution is -0.119. The number of unbranched alkanes of at least 4 members (excludes halogenated alkanes) is 1. The van der Waals surface area contributed by atoms with E-state index in [0.717, 1.165) is 19.3 Å². The van der Waals surface area contributed by atoms with Crippen LogP contribution in [0.5, 0.6) is 0 Å². The molecule has 1 unspecified atom stereocenters. The number of likely N-dealkylation sites (N-methyl/N-ethyl adjacent to an activating group) is 1. The smallest absolute Gasteiger partial charge is 0.254 e. The predicted octanol–water partition coefficient (Wildman–Crippen LogP) is 1.28. The molecule has 7 nitrogen and oxygen atoms in total. The lowest BCUT2D eigenvalue weighted by Gasteiger charge is -2.25. The van der Waals surface area contributed by atoms with Crippen molar-refractivity contribution in [3.63, 3.8) is 0 Å². The largest absolute Gasteiger partial charge is 0.358 e. The van der Waals surface area contributed by atoms with Gasteiger partial charge < -0.3 is 10.2 Å². The first-order valence-electron chi connectivity index (χ1n) is 8.67. The zero-order valence-electron chi connectivity index (χ0n) is 15.1. The van der Waals surface area contributed by atoms with E-state index in [1.165, 1.54) is 25.2 Å². The molecule has 8 heteroatoms. The monoisotopic (exact) mass is 379 g/mol. The number of nitrogens with one attached hydrogen (secondary N) is 2. The van der Waals surface area contributed by atoms with Gasteiger partial charge in [0.15, 0.2) is 0 Å². The number of rotatable bonds is 8. The van der Waals surface area contributed by atoms with Crippen LogP contribution in [-0.2, 0) is 14.8 Å². The summed E-state index contributed by atoms with van der Waals surface area (Å²) in [5.41, 5.74) is 0.318. The maximum absolute atomic E-state index is 12.8. The molecule has 0 bridgehead atoms. The average molecular weight is 379 g/mol. The van der Waals surface area contributed by atoms with Crippen LogP contribution in [0.1, 0.15) is 36.5 Å². The first-order chi connectivity index (χ1) is 12.4. The second-order valence-electron chi connectivity index (χ2n) is 6.12. The van der Waals surface area contributed by atoms with E-state index in [4.69, 9.17) is 0 Å². The molecule has 1 heterocycles. The first-order valence-corrected chi connectivity index (χ1v) is 10.1. The van der Waals surface area contributed by atoms with Crippen LogP contribution in [0, 0.1) is 0 Å². The lowest BCUT2D eigenvalue weighted by Crippen LogP contribution is -2.36. The number of carbonyl (C=O) groups excluding carboxylic acids is 2. The Labute approximate surface area is 154 Å². The van der Waals surface area contributed by atoms with Crippen molar-refractivity contribution in [2.24, 2.45) is 0 Å². The fourth-order valence-corrected chi connectivity index (χ4v) is 3.79. The summed E-state index contributed by atoms with van der Waals surface area (Å²) in [5, 5.41) is 2.34. The Balaban J connectivity index is 2.15. The maximum atomic E-state index is 12.8. The summed E-state index contributed by atoms with van der Waals surface area (Å²) in [6.07, 6.45) is 6.96. The number of sulfonamides is 1. The highest BCUT2D eigenvalue weighted by molar-refractivity contribution is 7.89. The zero-order chi connectivity index (χ0) is 19.2. The number of nitrogens with zero attached hydrogens (tertiary/aromatic N) is 1. The Morgan fingerprint density at radius 1 is 1.31 bits per heavy atom. The van der Waals surface area contributed by atoms with Gasteiger partial charge in [0.05, 0.1) is 17.5 Å². The quantitative estimate of drug-likeness (QED) is 0.665. The minimum absolute atomic E-state index is 0.0375. The van der Waals surface area contributed by atoms with Crippen LogP contribution in [0.2, 0.25) is 0 Å². The van der Waals surface area contributed by atoms with Crippen molar-refractivity contribution in [2.45, 2.75) is 37.1 Å². The zero-order valence-corrected chi connectivity index (χ0v) is 15.9. The van der Waals surface area contributed by atoms with Gasteiger partial charge in [-0.25, -0.2) is 13.1 Å². The van der Waals surface area contributed by atoms with E-state index < -0.39 is 15.9 Å². The van der Waals surface area contributed by atoms with Crippen LogP contribution in [0.15, 0.2) is 41.3 Å². The second-order valence-corrected chi connectivity index (χ2v) is 7.89. The van der Waals surface area contributed by atoms with Crippen LogP contribution in [0.3, 0.4) is 0 Å². The van der Waals surface area contributed by atoms with E-state index in [-0.39, 0.29) is 23.4 Å². The summed E-state index contributed by atoms with van der Waals surface area (Å²) in [4.78, 5) is 25.8. The van der Waals surface area contributed by atoms with Gasteiger partial charge in [-0.3, -0.25) is 9.59 Å². The standard InChI is InChI=1S/C18H25N3O4S/c1-3-4-8-15-9-6-11-21(15)18(23)14-7-5-10-16(12-14)26(24,25)20-13-17(22)19-2/h5-7,9-10,12,15,20H,3-4,8,11,13H2,1-2H3,(H,19,22). The third-order valence-electron chi connectivity index (χ3n) is 4.27. The fraction of sp³-hybridized carbons (Fsp3) is 0.444. The van der Waals surface area contributed by atoms with Gasteiger partial charge in [0.1, 0.15) is 0 Å². The molecule has 0 radical (unpaired) electrons. The van der Waals surface area contributed by atoms with Gasteiger partial charge in [0, 0.05) is 19.2 Å². The second kappa shape index (κ2) is 8.95. The number of benzene rings is 1. The normalized spacial score (nSPS) is 16.7. The van der Waals surface area contributed by atoms with Crippen LogP contribution < -0.4 is 10.0 Å². The Hall–Kier alpha value is -2.19. The molecule has 2 N–H and O–H groups in total. The number of carbonyl (C=O) groups is 2. The minimum Gasteiger partial charge on any atom is -0.358 e. The first kappa shape index (κ1) is 20.1. The Morgan fingerprint density at radius 2 is 2.08 bits per heavy atom. The Kier molecular flexibility index (Phi) is 6.93. The third-order valence-corrected chi connectivity index (χ3v) is 5.67. The molecular formula is C18H25N3O4S. The van der Waals surface area contributed by atoms with Gasteiger partial charge in [0.25, 0.3) is 5.91 Å². The Bertz CT molecular complexity index is 789. The van der Waals surface area contributed by atoms with Crippen molar-refractivity contribution in [1.29, 1.82) is 0 Å². The molecular weight excluding hydrogens is 354 g/mol. The van der Waals surface area contributed by atoms with Crippen molar-refractivity contribution in [3.05, 3.63) is 42.0 Å². The lowest BCUT2D eigenvalue weighted by atomic mass is 10.1. The molecule has 0 fully saturated rings. The van der Waals surface area contributed by atoms with Gasteiger partial charge in [0.2, 0.25) is 15.9 Å². The summed E-state index contributed by atoms with van der Waals surface area (Å²) in [7, 11) is -2.44. The summed E-state index contributed by atoms with van der Waals surface area (Å²) in [6, 6.07) is 5.94. The third kappa shape index (κ3) is 4.92. The van der Waals surface area contributed by atoms with Crippen LogP contribution in [0.4, 0.5) is 0 Å². The van der Waals surface area contributed by atoms with Gasteiger partial charge in [-0.1, -0.05) is 38.0 Å². The Morgan fingerprint density at radius 3 is 2.77 bits per heavy atom. The number of hydrogen-bond acceptors (Lipinski definition) is 4. The van der Waals surface area contributed by atoms with E-state index >= 15 is 0 Å². The summed E-state index contributed by atoms with van der Waals surface area (Å²) in [6.45, 7) is 2.27. The van der Waals surface area contributed by atoms with Gasteiger partial charge in [-0.05, 0) is 24.6 Å². The molecule has 0 aliphatic carbocycles. The van der Waals surface area contributed by atoms with Gasteiger partial charge >= 0.3 is 0 Å².